The van der Waals surface area contributed by atoms with Gasteiger partial charge in [0.1, 0.15) is 11.8 Å². The fourth-order valence-corrected chi connectivity index (χ4v) is 3.20. The molecule has 0 unspecified atom stereocenters. The number of aliphatic imine (C=N–C) groups is 1. The number of benzene rings is 1. The van der Waals surface area contributed by atoms with E-state index in [0.29, 0.717) is 29.3 Å². The summed E-state index contributed by atoms with van der Waals surface area (Å²) in [4.78, 5) is 20.9. The second-order valence-corrected chi connectivity index (χ2v) is 6.69. The molecule has 2 aromatic rings. The van der Waals surface area contributed by atoms with E-state index in [1.807, 2.05) is 25.1 Å². The normalized spacial score (nSPS) is 19.2. The van der Waals surface area contributed by atoms with E-state index in [0.717, 1.165) is 11.1 Å². The highest BCUT2D eigenvalue weighted by Crippen LogP contribution is 2.36. The van der Waals surface area contributed by atoms with Crippen LogP contribution in [0.5, 0.6) is 0 Å². The molecule has 0 amide bonds. The molecule has 0 saturated carbocycles. The molecular weight excluding hydrogens is 352 g/mol. The maximum Gasteiger partial charge on any atom is 0.282 e. The lowest BCUT2D eigenvalue weighted by Crippen LogP contribution is -2.33. The van der Waals surface area contributed by atoms with Crippen molar-refractivity contribution in [3.05, 3.63) is 63.9 Å². The molecule has 0 fully saturated rings. The van der Waals surface area contributed by atoms with Crippen LogP contribution >= 0.6 is 11.6 Å². The minimum Gasteiger partial charge on any atom is -0.465 e. The lowest BCUT2D eigenvalue weighted by molar-refractivity contribution is 0.0988. The number of halogens is 1. The maximum absolute atomic E-state index is 12.5. The molecule has 1 aliphatic rings. The zero-order valence-corrected chi connectivity index (χ0v) is 15.0. The number of nitrogens with zero attached hydrogens (tertiary/aromatic N) is 3. The largest absolute Gasteiger partial charge is 0.465 e. The smallest absolute Gasteiger partial charge is 0.282 e. The Morgan fingerprint density at radius 1 is 1.42 bits per heavy atom. The number of ether oxygens (including phenoxy) is 1. The van der Waals surface area contributed by atoms with Gasteiger partial charge in [-0.3, -0.25) is 9.78 Å². The number of pyridine rings is 1. The highest BCUT2D eigenvalue weighted by Gasteiger charge is 2.32. The van der Waals surface area contributed by atoms with Gasteiger partial charge in [-0.15, -0.1) is 0 Å². The third kappa shape index (κ3) is 3.68. The van der Waals surface area contributed by atoms with Crippen molar-refractivity contribution >= 4 is 23.4 Å². The van der Waals surface area contributed by atoms with Crippen LogP contribution in [0.15, 0.2) is 41.5 Å². The van der Waals surface area contributed by atoms with Crippen LogP contribution < -0.4 is 5.73 Å². The van der Waals surface area contributed by atoms with Gasteiger partial charge in [0.2, 0.25) is 0 Å². The van der Waals surface area contributed by atoms with Gasteiger partial charge in [-0.05, 0) is 36.2 Å². The van der Waals surface area contributed by atoms with E-state index >= 15 is 0 Å². The van der Waals surface area contributed by atoms with Gasteiger partial charge in [0.15, 0.2) is 5.78 Å². The quantitative estimate of drug-likeness (QED) is 0.836. The molecule has 26 heavy (non-hydrogen) atoms. The average Bonchev–Trinajstić information content (AvgIpc) is 2.63. The Labute approximate surface area is 156 Å². The van der Waals surface area contributed by atoms with Gasteiger partial charge >= 0.3 is 0 Å². The van der Waals surface area contributed by atoms with E-state index < -0.39 is 5.54 Å². The Bertz CT molecular complexity index is 918. The van der Waals surface area contributed by atoms with Gasteiger partial charge in [0.05, 0.1) is 17.7 Å². The van der Waals surface area contributed by atoms with Crippen molar-refractivity contribution in [3.63, 3.8) is 0 Å². The molecule has 1 aliphatic heterocycles. The SMILES string of the molecule is C[C@@]1(c2cc(CC(=O)c3ccc(C#N)cn3)ccc2Cl)CCOC(N)=N1. The molecular formula is C19H17ClN4O2. The second kappa shape index (κ2) is 7.14. The summed E-state index contributed by atoms with van der Waals surface area (Å²) in [5.41, 5.74) is 7.47. The van der Waals surface area contributed by atoms with Crippen LogP contribution in [0.3, 0.4) is 0 Å². The molecule has 6 nitrogen and oxygen atoms in total. The van der Waals surface area contributed by atoms with Crippen LogP contribution in [0.4, 0.5) is 0 Å². The van der Waals surface area contributed by atoms with Crippen molar-refractivity contribution in [3.8, 4) is 6.07 Å². The van der Waals surface area contributed by atoms with E-state index in [-0.39, 0.29) is 18.2 Å². The number of aromatic nitrogens is 1. The molecule has 0 aliphatic carbocycles. The van der Waals surface area contributed by atoms with Gasteiger partial charge in [0, 0.05) is 24.1 Å². The number of Topliss-reactive ketones (excluding diaryl/α,β-unsaturated/α-hetero) is 1. The Morgan fingerprint density at radius 2 is 2.23 bits per heavy atom. The average molecular weight is 369 g/mol. The van der Waals surface area contributed by atoms with Crippen LogP contribution in [0.25, 0.3) is 0 Å². The fourth-order valence-electron chi connectivity index (χ4n) is 2.88. The number of nitriles is 1. The van der Waals surface area contributed by atoms with Crippen molar-refractivity contribution in [1.29, 1.82) is 5.26 Å². The van der Waals surface area contributed by atoms with Gasteiger partial charge in [-0.1, -0.05) is 23.7 Å². The van der Waals surface area contributed by atoms with E-state index in [1.54, 1.807) is 18.2 Å². The first-order valence-corrected chi connectivity index (χ1v) is 8.45. The van der Waals surface area contributed by atoms with Gasteiger partial charge < -0.3 is 10.5 Å². The standard InChI is InChI=1S/C19H17ClN4O2/c1-19(6-7-26-18(22)24-19)14-8-12(2-4-15(14)20)9-17(25)16-5-3-13(10-21)11-23-16/h2-5,8,11H,6-7,9H2,1H3,(H2,22,24)/t19-/m0/s1. The summed E-state index contributed by atoms with van der Waals surface area (Å²) in [5, 5.41) is 9.38. The van der Waals surface area contributed by atoms with Crippen molar-refractivity contribution in [2.75, 3.05) is 6.61 Å². The van der Waals surface area contributed by atoms with Gasteiger partial charge in [-0.2, -0.15) is 5.26 Å². The number of carbonyl (C=O) groups excluding carboxylic acids is 1. The Morgan fingerprint density at radius 3 is 2.88 bits per heavy atom. The van der Waals surface area contributed by atoms with Crippen molar-refractivity contribution in [2.45, 2.75) is 25.3 Å². The number of carbonyl (C=O) groups is 1. The first-order chi connectivity index (χ1) is 12.4. The number of ketones is 1. The third-order valence-electron chi connectivity index (χ3n) is 4.35. The van der Waals surface area contributed by atoms with E-state index in [9.17, 15) is 4.79 Å². The predicted molar refractivity (Wildman–Crippen MR) is 98.0 cm³/mol. The third-order valence-corrected chi connectivity index (χ3v) is 4.68. The first kappa shape index (κ1) is 17.9. The summed E-state index contributed by atoms with van der Waals surface area (Å²) < 4.78 is 5.21. The molecule has 0 radical (unpaired) electrons. The van der Waals surface area contributed by atoms with Gasteiger partial charge in [-0.25, -0.2) is 4.99 Å². The minimum atomic E-state index is -0.592. The van der Waals surface area contributed by atoms with Crippen molar-refractivity contribution < 1.29 is 9.53 Å². The number of rotatable bonds is 4. The lowest BCUT2D eigenvalue weighted by Gasteiger charge is -2.31. The lowest BCUT2D eigenvalue weighted by atomic mass is 9.87. The molecule has 7 heteroatoms. The molecule has 3 rings (SSSR count). The Balaban J connectivity index is 1.86. The molecule has 0 bridgehead atoms. The van der Waals surface area contributed by atoms with E-state index in [4.69, 9.17) is 27.3 Å². The van der Waals surface area contributed by atoms with Crippen LogP contribution in [0.2, 0.25) is 5.02 Å². The molecule has 2 N–H and O–H groups in total. The minimum absolute atomic E-state index is 0.136. The summed E-state index contributed by atoms with van der Waals surface area (Å²) in [6.07, 6.45) is 2.21. The van der Waals surface area contributed by atoms with E-state index in [2.05, 4.69) is 9.98 Å². The molecule has 0 spiro atoms. The number of nitrogens with two attached hydrogens (primary N) is 1. The van der Waals surface area contributed by atoms with Crippen molar-refractivity contribution in [1.82, 2.24) is 4.98 Å². The number of amidine groups is 1. The van der Waals surface area contributed by atoms with Crippen LogP contribution in [-0.4, -0.2) is 23.4 Å². The zero-order chi connectivity index (χ0) is 18.7. The number of hydrogen-bond donors (Lipinski definition) is 1. The molecule has 1 aromatic carbocycles. The van der Waals surface area contributed by atoms with Crippen LogP contribution in [0.1, 0.15) is 40.5 Å². The fraction of sp³-hybridized carbons (Fsp3) is 0.263. The second-order valence-electron chi connectivity index (χ2n) is 6.28. The van der Waals surface area contributed by atoms with Gasteiger partial charge in [0.25, 0.3) is 6.02 Å². The zero-order valence-electron chi connectivity index (χ0n) is 14.2. The molecule has 132 valence electrons. The van der Waals surface area contributed by atoms with Crippen LogP contribution in [-0.2, 0) is 16.7 Å². The summed E-state index contributed by atoms with van der Waals surface area (Å²) in [6, 6.07) is 10.7. The maximum atomic E-state index is 12.5. The Hall–Kier alpha value is -2.91. The highest BCUT2D eigenvalue weighted by molar-refractivity contribution is 6.31. The molecule has 1 atom stereocenters. The number of hydrogen-bond acceptors (Lipinski definition) is 6. The monoisotopic (exact) mass is 368 g/mol. The first-order valence-electron chi connectivity index (χ1n) is 8.08. The van der Waals surface area contributed by atoms with Crippen LogP contribution in [0, 0.1) is 11.3 Å². The summed E-state index contributed by atoms with van der Waals surface area (Å²) in [5.74, 6) is -0.136. The molecule has 1 aromatic heterocycles. The molecule has 2 heterocycles. The molecule has 0 saturated heterocycles. The van der Waals surface area contributed by atoms with Crippen molar-refractivity contribution in [2.24, 2.45) is 10.7 Å². The summed E-state index contributed by atoms with van der Waals surface area (Å²) in [7, 11) is 0. The highest BCUT2D eigenvalue weighted by atomic mass is 35.5. The topological polar surface area (TPSA) is 101 Å². The summed E-state index contributed by atoms with van der Waals surface area (Å²) >= 11 is 6.38. The van der Waals surface area contributed by atoms with E-state index in [1.165, 1.54) is 6.20 Å². The Kier molecular flexibility index (Phi) is 4.92. The summed E-state index contributed by atoms with van der Waals surface area (Å²) in [6.45, 7) is 2.40. The predicted octanol–water partition coefficient (Wildman–Crippen LogP) is 2.98.